The van der Waals surface area contributed by atoms with Crippen LogP contribution in [0.2, 0.25) is 0 Å². The Labute approximate surface area is 50.0 Å². The molecule has 0 fully saturated rings. The van der Waals surface area contributed by atoms with Gasteiger partial charge in [0, 0.05) is 0 Å². The minimum Gasteiger partial charge on any atom is -0.352 e. The van der Waals surface area contributed by atoms with Gasteiger partial charge in [-0.3, -0.25) is 0 Å². The fourth-order valence-electron chi connectivity index (χ4n) is 0. The van der Waals surface area contributed by atoms with Crippen molar-refractivity contribution in [2.24, 2.45) is 11.5 Å². The summed E-state index contributed by atoms with van der Waals surface area (Å²) in [6.45, 7) is 4.36. The second-order valence-electron chi connectivity index (χ2n) is 1.40. The van der Waals surface area contributed by atoms with E-state index in [4.69, 9.17) is 4.79 Å². The third-order valence-electron chi connectivity index (χ3n) is 0.500. The molecule has 8 heavy (non-hydrogen) atoms. The Morgan fingerprint density at radius 3 is 1.38 bits per heavy atom. The molecule has 0 aromatic carbocycles. The number of unbranched alkanes of at least 4 members (excludes halogenated alkanes) is 1. The van der Waals surface area contributed by atoms with Crippen LogP contribution >= 0.6 is 0 Å². The zero-order valence-electron chi connectivity index (χ0n) is 5.48. The molecule has 0 spiro atoms. The molecular weight excluding hydrogens is 104 g/mol. The average molecular weight is 118 g/mol. The Morgan fingerprint density at radius 2 is 1.38 bits per heavy atom. The van der Waals surface area contributed by atoms with Gasteiger partial charge in [0.15, 0.2) is 0 Å². The minimum absolute atomic E-state index is 0.833. The summed E-state index contributed by atoms with van der Waals surface area (Å²) in [4.78, 5) is 9.00. The maximum atomic E-state index is 9.00. The summed E-state index contributed by atoms with van der Waals surface area (Å²) in [6, 6.07) is -0.833. The Kier molecular flexibility index (Phi) is 12.3. The van der Waals surface area contributed by atoms with Crippen LogP contribution in [0.3, 0.4) is 0 Å². The predicted octanol–water partition coefficient (Wildman–Crippen LogP) is 0.830. The molecule has 0 aliphatic carbocycles. The number of carbonyl (C=O) groups is 1. The molecule has 50 valence electrons. The number of hydrogen-bond acceptors (Lipinski definition) is 1. The van der Waals surface area contributed by atoms with E-state index in [1.165, 1.54) is 12.8 Å². The maximum Gasteiger partial charge on any atom is 0.309 e. The van der Waals surface area contributed by atoms with Crippen molar-refractivity contribution < 1.29 is 4.79 Å². The first kappa shape index (κ1) is 10.3. The molecule has 0 saturated heterocycles. The van der Waals surface area contributed by atoms with Crippen LogP contribution in [0.5, 0.6) is 0 Å². The van der Waals surface area contributed by atoms with Gasteiger partial charge in [0.05, 0.1) is 0 Å². The molecule has 0 atom stereocenters. The number of primary amides is 2. The lowest BCUT2D eigenvalue weighted by Gasteiger charge is -1.68. The molecule has 0 aliphatic rings. The van der Waals surface area contributed by atoms with Crippen molar-refractivity contribution in [1.82, 2.24) is 0 Å². The predicted molar refractivity (Wildman–Crippen MR) is 34.4 cm³/mol. The highest BCUT2D eigenvalue weighted by atomic mass is 16.2. The second-order valence-corrected chi connectivity index (χ2v) is 1.40. The van der Waals surface area contributed by atoms with Gasteiger partial charge in [-0.25, -0.2) is 4.79 Å². The van der Waals surface area contributed by atoms with Gasteiger partial charge in [-0.2, -0.15) is 0 Å². The van der Waals surface area contributed by atoms with Gasteiger partial charge >= 0.3 is 6.03 Å². The number of amides is 2. The number of nitrogens with two attached hydrogens (primary N) is 2. The largest absolute Gasteiger partial charge is 0.352 e. The highest BCUT2D eigenvalue weighted by Gasteiger charge is 1.60. The number of rotatable bonds is 1. The Balaban J connectivity index is 0. The molecular formula is C5H14N2O. The van der Waals surface area contributed by atoms with Gasteiger partial charge < -0.3 is 11.5 Å². The molecule has 0 aromatic heterocycles. The van der Waals surface area contributed by atoms with Gasteiger partial charge in [-0.15, -0.1) is 0 Å². The van der Waals surface area contributed by atoms with Gasteiger partial charge in [0.1, 0.15) is 0 Å². The van der Waals surface area contributed by atoms with Crippen molar-refractivity contribution >= 4 is 6.03 Å². The summed E-state index contributed by atoms with van der Waals surface area (Å²) in [5.74, 6) is 0. The average Bonchev–Trinajstić information content (AvgIpc) is 1.65. The van der Waals surface area contributed by atoms with Gasteiger partial charge in [0.25, 0.3) is 0 Å². The molecule has 0 aliphatic heterocycles. The van der Waals surface area contributed by atoms with Crippen LogP contribution in [0.1, 0.15) is 26.7 Å². The lowest BCUT2D eigenvalue weighted by Crippen LogP contribution is -2.18. The molecule has 4 N–H and O–H groups in total. The standard InChI is InChI=1S/C4H10.CH4N2O/c1-3-4-2;2-1(3)4/h3-4H2,1-2H3;(H4,2,3,4). The minimum atomic E-state index is -0.833. The first-order valence-electron chi connectivity index (χ1n) is 2.70. The fraction of sp³-hybridized carbons (Fsp3) is 0.800. The molecule has 2 amide bonds. The van der Waals surface area contributed by atoms with Crippen LogP contribution in [-0.2, 0) is 0 Å². The number of urea groups is 1. The topological polar surface area (TPSA) is 69.1 Å². The van der Waals surface area contributed by atoms with Crippen molar-refractivity contribution in [2.45, 2.75) is 26.7 Å². The van der Waals surface area contributed by atoms with E-state index in [1.54, 1.807) is 0 Å². The molecule has 3 nitrogen and oxygen atoms in total. The third kappa shape index (κ3) is 1320. The van der Waals surface area contributed by atoms with Crippen molar-refractivity contribution in [1.29, 1.82) is 0 Å². The van der Waals surface area contributed by atoms with Gasteiger partial charge in [-0.05, 0) is 0 Å². The smallest absolute Gasteiger partial charge is 0.309 e. The lowest BCUT2D eigenvalue weighted by molar-refractivity contribution is 0.256. The Bertz CT molecular complexity index is 48.4. The molecule has 3 heteroatoms. The van der Waals surface area contributed by atoms with Crippen LogP contribution in [0, 0.1) is 0 Å². The summed E-state index contributed by atoms with van der Waals surface area (Å²) < 4.78 is 0. The molecule has 0 bridgehead atoms. The highest BCUT2D eigenvalue weighted by molar-refractivity contribution is 5.69. The van der Waals surface area contributed by atoms with Crippen LogP contribution in [0.15, 0.2) is 0 Å². The lowest BCUT2D eigenvalue weighted by atomic mass is 10.4. The maximum absolute atomic E-state index is 9.00. The first-order valence-corrected chi connectivity index (χ1v) is 2.70. The zero-order chi connectivity index (χ0) is 6.99. The number of hydrogen-bond donors (Lipinski definition) is 2. The summed E-state index contributed by atoms with van der Waals surface area (Å²) >= 11 is 0. The van der Waals surface area contributed by atoms with Crippen molar-refractivity contribution in [3.63, 3.8) is 0 Å². The molecule has 0 saturated carbocycles. The van der Waals surface area contributed by atoms with Crippen LogP contribution in [0.4, 0.5) is 4.79 Å². The molecule has 0 aromatic rings. The summed E-state index contributed by atoms with van der Waals surface area (Å²) in [6.07, 6.45) is 2.64. The SMILES string of the molecule is CCCC.NC(N)=O. The number of carbonyl (C=O) groups excluding carboxylic acids is 1. The first-order chi connectivity index (χ1) is 3.65. The van der Waals surface area contributed by atoms with E-state index in [2.05, 4.69) is 25.3 Å². The van der Waals surface area contributed by atoms with Crippen molar-refractivity contribution in [3.05, 3.63) is 0 Å². The van der Waals surface area contributed by atoms with E-state index in [-0.39, 0.29) is 0 Å². The van der Waals surface area contributed by atoms with Crippen molar-refractivity contribution in [3.8, 4) is 0 Å². The summed E-state index contributed by atoms with van der Waals surface area (Å²) in [7, 11) is 0. The van der Waals surface area contributed by atoms with E-state index < -0.39 is 6.03 Å². The van der Waals surface area contributed by atoms with E-state index in [1.807, 2.05) is 0 Å². The van der Waals surface area contributed by atoms with Crippen molar-refractivity contribution in [2.75, 3.05) is 0 Å². The second kappa shape index (κ2) is 9.55. The summed E-state index contributed by atoms with van der Waals surface area (Å²) in [5, 5.41) is 0. The van der Waals surface area contributed by atoms with Gasteiger partial charge in [0.2, 0.25) is 0 Å². The highest BCUT2D eigenvalue weighted by Crippen LogP contribution is 1.76. The third-order valence-corrected chi connectivity index (χ3v) is 0.500. The fourth-order valence-corrected chi connectivity index (χ4v) is 0. The quantitative estimate of drug-likeness (QED) is 0.526. The van der Waals surface area contributed by atoms with Gasteiger partial charge in [-0.1, -0.05) is 26.7 Å². The molecule has 0 radical (unpaired) electrons. The normalized spacial score (nSPS) is 6.75. The Morgan fingerprint density at radius 1 is 1.25 bits per heavy atom. The van der Waals surface area contributed by atoms with E-state index in [9.17, 15) is 0 Å². The van der Waals surface area contributed by atoms with Crippen LogP contribution in [0.25, 0.3) is 0 Å². The molecule has 0 unspecified atom stereocenters. The monoisotopic (exact) mass is 118 g/mol. The van der Waals surface area contributed by atoms with E-state index in [0.29, 0.717) is 0 Å². The van der Waals surface area contributed by atoms with E-state index >= 15 is 0 Å². The Hall–Kier alpha value is -0.730. The summed E-state index contributed by atoms with van der Waals surface area (Å²) in [5.41, 5.74) is 8.50. The van der Waals surface area contributed by atoms with Crippen LogP contribution in [-0.4, -0.2) is 6.03 Å². The van der Waals surface area contributed by atoms with Crippen LogP contribution < -0.4 is 11.5 Å². The molecule has 0 rings (SSSR count). The zero-order valence-corrected chi connectivity index (χ0v) is 5.48. The molecule has 0 heterocycles. The van der Waals surface area contributed by atoms with E-state index in [0.717, 1.165) is 0 Å².